The molecule has 104 valence electrons. The van der Waals surface area contributed by atoms with E-state index in [1.807, 2.05) is 31.2 Å². The molecule has 0 aliphatic rings. The monoisotopic (exact) mass is 334 g/mol. The molecular formula is C16H15BrO3. The minimum atomic E-state index is 0.354. The van der Waals surface area contributed by atoms with E-state index in [-0.39, 0.29) is 0 Å². The summed E-state index contributed by atoms with van der Waals surface area (Å²) in [6.07, 6.45) is 0.785. The Balaban J connectivity index is 2.20. The molecule has 0 heterocycles. The molecule has 0 bridgehead atoms. The predicted molar refractivity (Wildman–Crippen MR) is 81.6 cm³/mol. The van der Waals surface area contributed by atoms with E-state index in [4.69, 9.17) is 9.47 Å². The maximum atomic E-state index is 11.0. The first-order valence-corrected chi connectivity index (χ1v) is 6.94. The molecule has 0 atom stereocenters. The number of aldehydes is 1. The molecule has 2 aromatic rings. The average molecular weight is 335 g/mol. The van der Waals surface area contributed by atoms with Crippen molar-refractivity contribution in [2.24, 2.45) is 0 Å². The van der Waals surface area contributed by atoms with Crippen LogP contribution in [-0.2, 0) is 6.61 Å². The highest BCUT2D eigenvalue weighted by atomic mass is 79.9. The van der Waals surface area contributed by atoms with Crippen LogP contribution in [0.4, 0.5) is 0 Å². The van der Waals surface area contributed by atoms with Gasteiger partial charge >= 0.3 is 0 Å². The van der Waals surface area contributed by atoms with Crippen LogP contribution in [0.3, 0.4) is 0 Å². The SMILES string of the molecule is COc1ccc(C)cc1COc1ccc(Br)cc1C=O. The molecule has 0 N–H and O–H groups in total. The Morgan fingerprint density at radius 3 is 2.60 bits per heavy atom. The van der Waals surface area contributed by atoms with Crippen molar-refractivity contribution in [2.75, 3.05) is 7.11 Å². The number of rotatable bonds is 5. The number of aryl methyl sites for hydroxylation is 1. The molecule has 0 aromatic heterocycles. The van der Waals surface area contributed by atoms with Crippen molar-refractivity contribution in [1.82, 2.24) is 0 Å². The first kappa shape index (κ1) is 14.6. The number of hydrogen-bond acceptors (Lipinski definition) is 3. The second-order valence-corrected chi connectivity index (χ2v) is 5.32. The topological polar surface area (TPSA) is 35.5 Å². The van der Waals surface area contributed by atoms with Crippen LogP contribution in [0.2, 0.25) is 0 Å². The highest BCUT2D eigenvalue weighted by molar-refractivity contribution is 9.10. The smallest absolute Gasteiger partial charge is 0.153 e. The highest BCUT2D eigenvalue weighted by Gasteiger charge is 2.07. The Kier molecular flexibility index (Phi) is 4.79. The summed E-state index contributed by atoms with van der Waals surface area (Å²) in [5.41, 5.74) is 2.61. The molecule has 0 fully saturated rings. The van der Waals surface area contributed by atoms with Gasteiger partial charge in [0.2, 0.25) is 0 Å². The molecular weight excluding hydrogens is 320 g/mol. The second kappa shape index (κ2) is 6.57. The van der Waals surface area contributed by atoms with E-state index in [1.54, 1.807) is 19.2 Å². The summed E-state index contributed by atoms with van der Waals surface area (Å²) in [5, 5.41) is 0. The first-order chi connectivity index (χ1) is 9.63. The van der Waals surface area contributed by atoms with E-state index in [0.29, 0.717) is 17.9 Å². The lowest BCUT2D eigenvalue weighted by Gasteiger charge is -2.12. The Morgan fingerprint density at radius 2 is 1.90 bits per heavy atom. The molecule has 4 heteroatoms. The minimum Gasteiger partial charge on any atom is -0.496 e. The number of halogens is 1. The zero-order valence-electron chi connectivity index (χ0n) is 11.4. The van der Waals surface area contributed by atoms with Crippen LogP contribution in [0.1, 0.15) is 21.5 Å². The van der Waals surface area contributed by atoms with E-state index in [0.717, 1.165) is 27.6 Å². The van der Waals surface area contributed by atoms with Gasteiger partial charge in [0.15, 0.2) is 6.29 Å². The van der Waals surface area contributed by atoms with Gasteiger partial charge in [-0.25, -0.2) is 0 Å². The lowest BCUT2D eigenvalue weighted by molar-refractivity contribution is 0.111. The third-order valence-corrected chi connectivity index (χ3v) is 3.41. The van der Waals surface area contributed by atoms with Gasteiger partial charge in [0, 0.05) is 10.0 Å². The van der Waals surface area contributed by atoms with Crippen LogP contribution >= 0.6 is 15.9 Å². The Hall–Kier alpha value is -1.81. The van der Waals surface area contributed by atoms with Crippen molar-refractivity contribution in [3.05, 3.63) is 57.6 Å². The first-order valence-electron chi connectivity index (χ1n) is 6.15. The van der Waals surface area contributed by atoms with Gasteiger partial charge in [0.1, 0.15) is 18.1 Å². The van der Waals surface area contributed by atoms with Crippen LogP contribution < -0.4 is 9.47 Å². The normalized spacial score (nSPS) is 10.2. The summed E-state index contributed by atoms with van der Waals surface area (Å²) in [6.45, 7) is 2.37. The van der Waals surface area contributed by atoms with Gasteiger partial charge in [-0.15, -0.1) is 0 Å². The highest BCUT2D eigenvalue weighted by Crippen LogP contribution is 2.25. The number of methoxy groups -OCH3 is 1. The fourth-order valence-electron chi connectivity index (χ4n) is 1.92. The minimum absolute atomic E-state index is 0.354. The number of ether oxygens (including phenoxy) is 2. The lowest BCUT2D eigenvalue weighted by atomic mass is 10.1. The van der Waals surface area contributed by atoms with Crippen molar-refractivity contribution in [1.29, 1.82) is 0 Å². The summed E-state index contributed by atoms with van der Waals surface area (Å²) >= 11 is 3.33. The van der Waals surface area contributed by atoms with Crippen molar-refractivity contribution in [3.8, 4) is 11.5 Å². The van der Waals surface area contributed by atoms with Gasteiger partial charge < -0.3 is 9.47 Å². The molecule has 0 saturated carbocycles. The Labute approximate surface area is 126 Å². The van der Waals surface area contributed by atoms with Crippen LogP contribution in [0.15, 0.2) is 40.9 Å². The van der Waals surface area contributed by atoms with Crippen LogP contribution in [0.5, 0.6) is 11.5 Å². The summed E-state index contributed by atoms with van der Waals surface area (Å²) in [4.78, 5) is 11.0. The third-order valence-electron chi connectivity index (χ3n) is 2.92. The van der Waals surface area contributed by atoms with Gasteiger partial charge in [-0.1, -0.05) is 27.6 Å². The van der Waals surface area contributed by atoms with E-state index in [1.165, 1.54) is 0 Å². The van der Waals surface area contributed by atoms with Gasteiger partial charge in [-0.3, -0.25) is 4.79 Å². The number of carbonyl (C=O) groups excluding carboxylic acids is 1. The molecule has 0 radical (unpaired) electrons. The molecule has 2 rings (SSSR count). The lowest BCUT2D eigenvalue weighted by Crippen LogP contribution is -2.01. The molecule has 0 unspecified atom stereocenters. The molecule has 0 spiro atoms. The van der Waals surface area contributed by atoms with E-state index in [2.05, 4.69) is 15.9 Å². The van der Waals surface area contributed by atoms with Gasteiger partial charge in [-0.2, -0.15) is 0 Å². The van der Waals surface area contributed by atoms with Crippen LogP contribution in [-0.4, -0.2) is 13.4 Å². The zero-order chi connectivity index (χ0) is 14.5. The Morgan fingerprint density at radius 1 is 1.15 bits per heavy atom. The fraction of sp³-hybridized carbons (Fsp3) is 0.188. The fourth-order valence-corrected chi connectivity index (χ4v) is 2.30. The maximum absolute atomic E-state index is 11.0. The zero-order valence-corrected chi connectivity index (χ0v) is 12.9. The van der Waals surface area contributed by atoms with Gasteiger partial charge in [-0.05, 0) is 37.3 Å². The predicted octanol–water partition coefficient (Wildman–Crippen LogP) is 4.16. The summed E-state index contributed by atoms with van der Waals surface area (Å²) in [7, 11) is 1.63. The molecule has 3 nitrogen and oxygen atoms in total. The third kappa shape index (κ3) is 3.39. The number of benzene rings is 2. The Bertz CT molecular complexity index is 623. The number of hydrogen-bond donors (Lipinski definition) is 0. The van der Waals surface area contributed by atoms with Gasteiger partial charge in [0.25, 0.3) is 0 Å². The summed E-state index contributed by atoms with van der Waals surface area (Å²) in [6, 6.07) is 11.3. The molecule has 0 saturated heterocycles. The van der Waals surface area contributed by atoms with E-state index < -0.39 is 0 Å². The van der Waals surface area contributed by atoms with Crippen molar-refractivity contribution in [2.45, 2.75) is 13.5 Å². The van der Waals surface area contributed by atoms with Crippen LogP contribution in [0.25, 0.3) is 0 Å². The van der Waals surface area contributed by atoms with Gasteiger partial charge in [0.05, 0.1) is 12.7 Å². The van der Waals surface area contributed by atoms with E-state index in [9.17, 15) is 4.79 Å². The standard InChI is InChI=1S/C16H15BrO3/c1-11-3-5-15(19-2)13(7-11)10-20-16-6-4-14(17)8-12(16)9-18/h3-9H,10H2,1-2H3. The molecule has 0 aliphatic heterocycles. The van der Waals surface area contributed by atoms with E-state index >= 15 is 0 Å². The largest absolute Gasteiger partial charge is 0.496 e. The molecule has 0 aliphatic carbocycles. The summed E-state index contributed by atoms with van der Waals surface area (Å²) in [5.74, 6) is 1.34. The van der Waals surface area contributed by atoms with Crippen molar-refractivity contribution in [3.63, 3.8) is 0 Å². The maximum Gasteiger partial charge on any atom is 0.153 e. The molecule has 20 heavy (non-hydrogen) atoms. The van der Waals surface area contributed by atoms with Crippen molar-refractivity contribution >= 4 is 22.2 Å². The molecule has 2 aromatic carbocycles. The van der Waals surface area contributed by atoms with Crippen molar-refractivity contribution < 1.29 is 14.3 Å². The average Bonchev–Trinajstić information content (AvgIpc) is 2.46. The second-order valence-electron chi connectivity index (χ2n) is 4.40. The van der Waals surface area contributed by atoms with Crippen LogP contribution in [0, 0.1) is 6.92 Å². The molecule has 0 amide bonds. The summed E-state index contributed by atoms with van der Waals surface area (Å²) < 4.78 is 11.9. The quantitative estimate of drug-likeness (QED) is 0.770. The number of carbonyl (C=O) groups is 1.